The van der Waals surface area contributed by atoms with E-state index in [-0.39, 0.29) is 0 Å². The van der Waals surface area contributed by atoms with Gasteiger partial charge in [-0.3, -0.25) is 4.90 Å². The Morgan fingerprint density at radius 3 is 2.51 bits per heavy atom. The number of aliphatic hydroxyl groups is 2. The van der Waals surface area contributed by atoms with Gasteiger partial charge in [0.1, 0.15) is 11.3 Å². The summed E-state index contributed by atoms with van der Waals surface area (Å²) >= 11 is 0. The number of hydrogen-bond acceptors (Lipinski definition) is 9. The standard InChI is InChI=1S/C26H35N7O2/c1-18(35)22-13-21-15-28-26(31-24(21)25(29-22)33-9-3-2-4-10-33)30-23-6-5-20(14-27-23)16-32-11-7-19(17-34)8-12-32/h5-6,13-15,18-19,34-35H,2-4,7-12,16-17H2,1H3,(H,27,28,30,31). The molecule has 3 N–H and O–H groups in total. The average molecular weight is 478 g/mol. The van der Waals surface area contributed by atoms with Crippen LogP contribution in [0.4, 0.5) is 17.6 Å². The molecule has 0 aromatic carbocycles. The first-order valence-corrected chi connectivity index (χ1v) is 12.7. The Hall–Kier alpha value is -2.88. The molecule has 0 spiro atoms. The molecule has 1 atom stereocenters. The van der Waals surface area contributed by atoms with Gasteiger partial charge in [0.15, 0.2) is 5.82 Å². The zero-order valence-electron chi connectivity index (χ0n) is 20.4. The lowest BCUT2D eigenvalue weighted by atomic mass is 9.98. The van der Waals surface area contributed by atoms with Crippen LogP contribution < -0.4 is 10.2 Å². The molecule has 2 saturated heterocycles. The van der Waals surface area contributed by atoms with E-state index in [9.17, 15) is 10.2 Å². The Morgan fingerprint density at radius 1 is 1.03 bits per heavy atom. The van der Waals surface area contributed by atoms with Crippen molar-refractivity contribution in [3.8, 4) is 0 Å². The number of fused-ring (bicyclic) bond motifs is 1. The predicted octanol–water partition coefficient (Wildman–Crippen LogP) is 3.41. The van der Waals surface area contributed by atoms with Gasteiger partial charge in [0, 0.05) is 44.0 Å². The summed E-state index contributed by atoms with van der Waals surface area (Å²) in [6, 6.07) is 5.92. The van der Waals surface area contributed by atoms with E-state index in [0.717, 1.165) is 75.1 Å². The lowest BCUT2D eigenvalue weighted by Crippen LogP contribution is -2.34. The molecule has 5 rings (SSSR count). The van der Waals surface area contributed by atoms with E-state index in [4.69, 9.17) is 9.97 Å². The highest BCUT2D eigenvalue weighted by molar-refractivity contribution is 5.89. The average Bonchev–Trinajstić information content (AvgIpc) is 2.90. The Kier molecular flexibility index (Phi) is 7.36. The molecule has 3 aromatic rings. The first-order valence-electron chi connectivity index (χ1n) is 12.7. The molecule has 0 bridgehead atoms. The maximum atomic E-state index is 10.1. The summed E-state index contributed by atoms with van der Waals surface area (Å²) in [4.78, 5) is 23.3. The minimum absolute atomic E-state index is 0.296. The number of nitrogens with one attached hydrogen (secondary N) is 1. The number of anilines is 3. The molecule has 0 amide bonds. The van der Waals surface area contributed by atoms with E-state index < -0.39 is 6.10 Å². The van der Waals surface area contributed by atoms with Crippen LogP contribution in [-0.4, -0.2) is 67.8 Å². The molecule has 0 radical (unpaired) electrons. The summed E-state index contributed by atoms with van der Waals surface area (Å²) in [6.45, 7) is 6.81. The quantitative estimate of drug-likeness (QED) is 0.471. The van der Waals surface area contributed by atoms with Crippen molar-refractivity contribution in [2.75, 3.05) is 43.0 Å². The van der Waals surface area contributed by atoms with E-state index in [0.29, 0.717) is 30.0 Å². The summed E-state index contributed by atoms with van der Waals surface area (Å²) in [6.07, 6.45) is 8.64. The van der Waals surface area contributed by atoms with Crippen molar-refractivity contribution in [3.63, 3.8) is 0 Å². The van der Waals surface area contributed by atoms with E-state index in [2.05, 4.69) is 31.2 Å². The van der Waals surface area contributed by atoms with Crippen molar-refractivity contribution in [1.29, 1.82) is 0 Å². The van der Waals surface area contributed by atoms with Crippen LogP contribution in [0.25, 0.3) is 10.9 Å². The van der Waals surface area contributed by atoms with Gasteiger partial charge in [-0.05, 0) is 75.7 Å². The molecule has 2 fully saturated rings. The third kappa shape index (κ3) is 5.69. The third-order valence-corrected chi connectivity index (χ3v) is 7.09. The number of piperidine rings is 2. The van der Waals surface area contributed by atoms with Crippen LogP contribution in [0, 0.1) is 5.92 Å². The van der Waals surface area contributed by atoms with Crippen LogP contribution in [-0.2, 0) is 6.54 Å². The number of aromatic nitrogens is 4. The fraction of sp³-hybridized carbons (Fsp3) is 0.538. The third-order valence-electron chi connectivity index (χ3n) is 7.09. The summed E-state index contributed by atoms with van der Waals surface area (Å²) in [5.41, 5.74) is 2.59. The van der Waals surface area contributed by atoms with Gasteiger partial charge in [-0.25, -0.2) is 19.9 Å². The number of aliphatic hydroxyl groups excluding tert-OH is 2. The van der Waals surface area contributed by atoms with Crippen LogP contribution in [0.1, 0.15) is 56.4 Å². The van der Waals surface area contributed by atoms with Crippen molar-refractivity contribution < 1.29 is 10.2 Å². The van der Waals surface area contributed by atoms with Gasteiger partial charge in [0.25, 0.3) is 0 Å². The second-order valence-corrected chi connectivity index (χ2v) is 9.80. The number of likely N-dealkylation sites (tertiary alicyclic amines) is 1. The maximum Gasteiger partial charge on any atom is 0.229 e. The molecule has 9 heteroatoms. The summed E-state index contributed by atoms with van der Waals surface area (Å²) in [5, 5.41) is 23.6. The highest BCUT2D eigenvalue weighted by Crippen LogP contribution is 2.29. The highest BCUT2D eigenvalue weighted by Gasteiger charge is 2.20. The van der Waals surface area contributed by atoms with Crippen LogP contribution in [0.5, 0.6) is 0 Å². The van der Waals surface area contributed by atoms with E-state index in [1.54, 1.807) is 13.1 Å². The van der Waals surface area contributed by atoms with Crippen molar-refractivity contribution in [2.45, 2.75) is 51.7 Å². The van der Waals surface area contributed by atoms with Gasteiger partial charge in [-0.1, -0.05) is 6.07 Å². The van der Waals surface area contributed by atoms with Gasteiger partial charge in [-0.15, -0.1) is 0 Å². The lowest BCUT2D eigenvalue weighted by Gasteiger charge is -2.30. The van der Waals surface area contributed by atoms with Crippen molar-refractivity contribution >= 4 is 28.5 Å². The largest absolute Gasteiger partial charge is 0.396 e. The van der Waals surface area contributed by atoms with Gasteiger partial charge in [0.05, 0.1) is 11.8 Å². The molecule has 35 heavy (non-hydrogen) atoms. The zero-order valence-corrected chi connectivity index (χ0v) is 20.4. The maximum absolute atomic E-state index is 10.1. The van der Waals surface area contributed by atoms with E-state index in [1.165, 1.54) is 12.0 Å². The number of hydrogen-bond donors (Lipinski definition) is 3. The molecule has 186 valence electrons. The summed E-state index contributed by atoms with van der Waals surface area (Å²) < 4.78 is 0. The first-order chi connectivity index (χ1) is 17.1. The van der Waals surface area contributed by atoms with Crippen molar-refractivity contribution in [1.82, 2.24) is 24.8 Å². The molecule has 2 aliphatic rings. The Bertz CT molecular complexity index is 1120. The molecule has 1 unspecified atom stereocenters. The van der Waals surface area contributed by atoms with Crippen LogP contribution in [0.15, 0.2) is 30.6 Å². The highest BCUT2D eigenvalue weighted by atomic mass is 16.3. The van der Waals surface area contributed by atoms with Crippen LogP contribution >= 0.6 is 0 Å². The van der Waals surface area contributed by atoms with E-state index >= 15 is 0 Å². The molecule has 0 aliphatic carbocycles. The van der Waals surface area contributed by atoms with Gasteiger partial charge in [-0.2, -0.15) is 0 Å². The monoisotopic (exact) mass is 477 g/mol. The van der Waals surface area contributed by atoms with Gasteiger partial charge < -0.3 is 20.4 Å². The SMILES string of the molecule is CC(O)c1cc2cnc(Nc3ccc(CN4CCC(CO)CC4)cn3)nc2c(N2CCCCC2)n1. The molecule has 2 aliphatic heterocycles. The molecular formula is C26H35N7O2. The molecule has 0 saturated carbocycles. The summed E-state index contributed by atoms with van der Waals surface area (Å²) in [5.74, 6) is 2.44. The molecular weight excluding hydrogens is 442 g/mol. The van der Waals surface area contributed by atoms with Gasteiger partial charge in [0.2, 0.25) is 5.95 Å². The minimum atomic E-state index is -0.649. The Labute approximate surface area is 206 Å². The van der Waals surface area contributed by atoms with Crippen LogP contribution in [0.3, 0.4) is 0 Å². The number of pyridine rings is 2. The lowest BCUT2D eigenvalue weighted by molar-refractivity contribution is 0.127. The molecule has 9 nitrogen and oxygen atoms in total. The molecule has 5 heterocycles. The number of rotatable bonds is 7. The Balaban J connectivity index is 1.32. The number of nitrogens with zero attached hydrogens (tertiary/aromatic N) is 6. The topological polar surface area (TPSA) is 111 Å². The van der Waals surface area contributed by atoms with E-state index in [1.807, 2.05) is 18.3 Å². The smallest absolute Gasteiger partial charge is 0.229 e. The van der Waals surface area contributed by atoms with Crippen molar-refractivity contribution in [3.05, 3.63) is 41.9 Å². The predicted molar refractivity (Wildman–Crippen MR) is 137 cm³/mol. The first kappa shape index (κ1) is 23.8. The zero-order chi connectivity index (χ0) is 24.2. The molecule has 3 aromatic heterocycles. The summed E-state index contributed by atoms with van der Waals surface area (Å²) in [7, 11) is 0. The fourth-order valence-electron chi connectivity index (χ4n) is 4.93. The second kappa shape index (κ2) is 10.8. The van der Waals surface area contributed by atoms with Crippen molar-refractivity contribution in [2.24, 2.45) is 5.92 Å². The second-order valence-electron chi connectivity index (χ2n) is 9.80. The minimum Gasteiger partial charge on any atom is -0.396 e. The van der Waals surface area contributed by atoms with Gasteiger partial charge >= 0.3 is 0 Å². The van der Waals surface area contributed by atoms with Crippen LogP contribution in [0.2, 0.25) is 0 Å². The normalized spacial score (nSPS) is 18.7. The fourth-order valence-corrected chi connectivity index (χ4v) is 4.93. The Morgan fingerprint density at radius 2 is 1.83 bits per heavy atom.